The van der Waals surface area contributed by atoms with E-state index >= 15 is 0 Å². The molecule has 0 fully saturated rings. The first kappa shape index (κ1) is 10.5. The second kappa shape index (κ2) is 4.61. The molecule has 3 nitrogen and oxygen atoms in total. The van der Waals surface area contributed by atoms with Gasteiger partial charge in [-0.25, -0.2) is 0 Å². The van der Waals surface area contributed by atoms with Gasteiger partial charge in [0.25, 0.3) is 0 Å². The van der Waals surface area contributed by atoms with Crippen LogP contribution in [0, 0.1) is 0 Å². The second-order valence-corrected chi connectivity index (χ2v) is 4.32. The van der Waals surface area contributed by atoms with Crippen LogP contribution in [0.2, 0.25) is 5.71 Å². The van der Waals surface area contributed by atoms with Crippen LogP contribution in [0.4, 0.5) is 0 Å². The molecule has 1 aromatic rings. The maximum absolute atomic E-state index is 11.3. The maximum atomic E-state index is 11.3. The molecule has 0 aliphatic heterocycles. The average Bonchev–Trinajstić information content (AvgIpc) is 2.17. The zero-order valence-electron chi connectivity index (χ0n) is 7.14. The quantitative estimate of drug-likeness (QED) is 0.683. The fourth-order valence-electron chi connectivity index (χ4n) is 0.961. The molecule has 0 saturated heterocycles. The summed E-state index contributed by atoms with van der Waals surface area (Å²) in [5.41, 5.74) is 2.79. The second-order valence-electron chi connectivity index (χ2n) is 2.53. The van der Waals surface area contributed by atoms with Gasteiger partial charge in [-0.05, 0) is 0 Å². The average molecular weight is 239 g/mol. The van der Waals surface area contributed by atoms with Crippen molar-refractivity contribution in [2.45, 2.75) is 5.71 Å². The molecule has 67 valence electrons. The van der Waals surface area contributed by atoms with Crippen molar-refractivity contribution in [3.05, 3.63) is 29.8 Å². The summed E-state index contributed by atoms with van der Waals surface area (Å²) in [6, 6.07) is 6.44. The fourth-order valence-corrected chi connectivity index (χ4v) is 1.79. The van der Waals surface area contributed by atoms with Crippen LogP contribution in [0.3, 0.4) is 0 Å². The molecule has 0 bridgehead atoms. The Morgan fingerprint density at radius 2 is 2.15 bits per heavy atom. The van der Waals surface area contributed by atoms with E-state index in [0.717, 1.165) is 0 Å². The summed E-state index contributed by atoms with van der Waals surface area (Å²) in [4.78, 5) is 11.3. The van der Waals surface area contributed by atoms with Gasteiger partial charge in [-0.2, -0.15) is 0 Å². The Balaban J connectivity index is 2.98. The number of carbonyl (C=O) groups is 1. The monoisotopic (exact) mass is 239 g/mol. The van der Waals surface area contributed by atoms with Gasteiger partial charge in [0.2, 0.25) is 0 Å². The van der Waals surface area contributed by atoms with E-state index in [4.69, 9.17) is 10.0 Å². The van der Waals surface area contributed by atoms with Crippen LogP contribution in [-0.2, 0) is 0 Å². The van der Waals surface area contributed by atoms with Gasteiger partial charge in [-0.3, -0.25) is 0 Å². The van der Waals surface area contributed by atoms with E-state index in [1.165, 1.54) is 6.07 Å². The summed E-state index contributed by atoms with van der Waals surface area (Å²) in [6.45, 7) is 0. The molecule has 0 aliphatic rings. The third-order valence-electron chi connectivity index (χ3n) is 1.63. The van der Waals surface area contributed by atoms with Gasteiger partial charge < -0.3 is 0 Å². The van der Waals surface area contributed by atoms with Crippen molar-refractivity contribution in [3.8, 4) is 0 Å². The number of hydrogen-bond acceptors (Lipinski definition) is 3. The van der Waals surface area contributed by atoms with E-state index in [1.54, 1.807) is 18.2 Å². The molecule has 13 heavy (non-hydrogen) atoms. The fraction of sp³-hybridized carbons (Fsp3) is 0.125. The minimum atomic E-state index is -1.50. The van der Waals surface area contributed by atoms with E-state index in [1.807, 2.05) is 5.71 Å². The van der Waals surface area contributed by atoms with Crippen LogP contribution in [0.5, 0.6) is 0 Å². The van der Waals surface area contributed by atoms with Crippen molar-refractivity contribution >= 4 is 32.9 Å². The molecule has 0 atom stereocenters. The molecule has 1 radical (unpaired) electrons. The molecule has 0 spiro atoms. The summed E-state index contributed by atoms with van der Waals surface area (Å²) in [5, 5.41) is 17.7. The van der Waals surface area contributed by atoms with Crippen molar-refractivity contribution in [3.63, 3.8) is 0 Å². The Kier molecular flexibility index (Phi) is 3.73. The van der Waals surface area contributed by atoms with Gasteiger partial charge >= 0.3 is 83.3 Å². The van der Waals surface area contributed by atoms with Crippen molar-refractivity contribution in [2.24, 2.45) is 0 Å². The van der Waals surface area contributed by atoms with Crippen LogP contribution < -0.4 is 5.46 Å². The normalized spacial score (nSPS) is 10.7. The molecule has 2 N–H and O–H groups in total. The van der Waals surface area contributed by atoms with Crippen LogP contribution in [0.1, 0.15) is 10.4 Å². The van der Waals surface area contributed by atoms with E-state index in [9.17, 15) is 4.79 Å². The van der Waals surface area contributed by atoms with Gasteiger partial charge in [-0.15, -0.1) is 0 Å². The first-order chi connectivity index (χ1) is 6.15. The number of benzene rings is 1. The summed E-state index contributed by atoms with van der Waals surface area (Å²) in [5.74, 6) is 0. The van der Waals surface area contributed by atoms with E-state index in [2.05, 4.69) is 0 Å². The first-order valence-corrected chi connectivity index (χ1v) is 6.57. The van der Waals surface area contributed by atoms with E-state index in [0.29, 0.717) is 11.0 Å². The molecule has 0 saturated carbocycles. The van der Waals surface area contributed by atoms with Gasteiger partial charge in [0.15, 0.2) is 0 Å². The minimum absolute atomic E-state index is 0.0961. The third kappa shape index (κ3) is 2.69. The van der Waals surface area contributed by atoms with E-state index < -0.39 is 7.12 Å². The molecule has 1 rings (SSSR count). The van der Waals surface area contributed by atoms with E-state index in [-0.39, 0.29) is 20.3 Å². The summed E-state index contributed by atoms with van der Waals surface area (Å²) < 4.78 is 0.0961. The van der Waals surface area contributed by atoms with Crippen molar-refractivity contribution < 1.29 is 14.8 Å². The molecule has 5 heteroatoms. The summed E-state index contributed by atoms with van der Waals surface area (Å²) >= 11 is -0.337. The molecule has 0 aromatic heterocycles. The number of rotatable bonds is 3. The Hall–Kier alpha value is -0.567. The van der Waals surface area contributed by atoms with Crippen LogP contribution >= 0.6 is 0 Å². The van der Waals surface area contributed by atoms with Gasteiger partial charge in [-0.1, -0.05) is 0 Å². The zero-order valence-corrected chi connectivity index (χ0v) is 9.01. The predicted molar refractivity (Wildman–Crippen MR) is 52.2 cm³/mol. The van der Waals surface area contributed by atoms with Gasteiger partial charge in [0.1, 0.15) is 0 Å². The standard InChI is InChI=1S/C8H9AsBO3/c1-9-8(11)6-3-2-4-7(5-6)10(12)13/h2-5,12-13H,1H3. The SMILES string of the molecule is C[As]C(=O)c1cccc(B(O)O)c1. The summed E-state index contributed by atoms with van der Waals surface area (Å²) in [7, 11) is -1.50. The van der Waals surface area contributed by atoms with Crippen molar-refractivity contribution in [1.29, 1.82) is 0 Å². The van der Waals surface area contributed by atoms with Crippen LogP contribution in [-0.4, -0.2) is 37.5 Å². The van der Waals surface area contributed by atoms with Crippen LogP contribution in [0.15, 0.2) is 24.3 Å². The molecular formula is C8H9AsBO3. The van der Waals surface area contributed by atoms with Gasteiger partial charge in [0, 0.05) is 0 Å². The van der Waals surface area contributed by atoms with Crippen LogP contribution in [0.25, 0.3) is 0 Å². The third-order valence-corrected chi connectivity index (χ3v) is 3.03. The Bertz CT molecular complexity index is 314. The first-order valence-electron chi connectivity index (χ1n) is 3.75. The van der Waals surface area contributed by atoms with Crippen molar-refractivity contribution in [2.75, 3.05) is 0 Å². The topological polar surface area (TPSA) is 57.5 Å². The molecule has 0 amide bonds. The Morgan fingerprint density at radius 3 is 2.69 bits per heavy atom. The number of hydrogen-bond donors (Lipinski definition) is 2. The molecule has 0 aliphatic carbocycles. The zero-order chi connectivity index (χ0) is 9.84. The number of carbonyl (C=O) groups excluding carboxylic acids is 1. The molecule has 0 unspecified atom stereocenters. The van der Waals surface area contributed by atoms with Gasteiger partial charge in [0.05, 0.1) is 0 Å². The predicted octanol–water partition coefficient (Wildman–Crippen LogP) is -0.741. The Morgan fingerprint density at radius 1 is 1.46 bits per heavy atom. The summed E-state index contributed by atoms with van der Waals surface area (Å²) in [6.07, 6.45) is 0. The Labute approximate surface area is 83.6 Å². The van der Waals surface area contributed by atoms with Crippen molar-refractivity contribution in [1.82, 2.24) is 0 Å². The molecule has 1 aromatic carbocycles. The molecular weight excluding hydrogens is 230 g/mol. The molecule has 0 heterocycles.